The Morgan fingerprint density at radius 2 is 1.83 bits per heavy atom. The number of hydrogen-bond donors (Lipinski definition) is 3. The van der Waals surface area contributed by atoms with Crippen molar-refractivity contribution in [3.8, 4) is 0 Å². The minimum atomic E-state index is 0.261. The van der Waals surface area contributed by atoms with Gasteiger partial charge in [-0.3, -0.25) is 0 Å². The molecule has 0 saturated carbocycles. The number of hydrogen-bond acceptors (Lipinski definition) is 3. The average Bonchev–Trinajstić information content (AvgIpc) is 2.63. The molecule has 0 aliphatic carbocycles. The molecule has 92 valence electrons. The third kappa shape index (κ3) is 2.05. The average molecular weight is 239 g/mol. The van der Waals surface area contributed by atoms with E-state index in [1.54, 1.807) is 0 Å². The summed E-state index contributed by atoms with van der Waals surface area (Å²) in [7, 11) is 0. The molecule has 0 bridgehead atoms. The van der Waals surface area contributed by atoms with Crippen molar-refractivity contribution in [2.24, 2.45) is 0 Å². The Kier molecular flexibility index (Phi) is 2.90. The zero-order valence-electron chi connectivity index (χ0n) is 10.2. The Balaban J connectivity index is 1.95. The minimum Gasteiger partial charge on any atom is -0.397 e. The summed E-state index contributed by atoms with van der Waals surface area (Å²) in [5.74, 6) is 0. The molecule has 2 aromatic rings. The van der Waals surface area contributed by atoms with Gasteiger partial charge in [-0.25, -0.2) is 0 Å². The molecule has 3 nitrogen and oxygen atoms in total. The summed E-state index contributed by atoms with van der Waals surface area (Å²) in [4.78, 5) is 0. The van der Waals surface area contributed by atoms with E-state index in [2.05, 4.69) is 41.0 Å². The first kappa shape index (κ1) is 11.1. The maximum Gasteiger partial charge on any atom is 0.0639 e. The van der Waals surface area contributed by atoms with E-state index in [9.17, 15) is 0 Å². The summed E-state index contributed by atoms with van der Waals surface area (Å²) in [6.07, 6.45) is 0. The molecule has 1 unspecified atom stereocenters. The lowest BCUT2D eigenvalue weighted by Crippen LogP contribution is -2.22. The van der Waals surface area contributed by atoms with Crippen molar-refractivity contribution in [1.29, 1.82) is 0 Å². The van der Waals surface area contributed by atoms with Crippen LogP contribution in [0.25, 0.3) is 0 Å². The van der Waals surface area contributed by atoms with Gasteiger partial charge in [0, 0.05) is 13.1 Å². The number of nitrogens with two attached hydrogens (primary N) is 1. The summed E-state index contributed by atoms with van der Waals surface area (Å²) in [5.41, 5.74) is 10.5. The highest BCUT2D eigenvalue weighted by atomic mass is 15.0. The Labute approximate surface area is 107 Å². The number of rotatable bonds is 1. The number of nitrogen functional groups attached to an aromatic ring is 1. The van der Waals surface area contributed by atoms with E-state index >= 15 is 0 Å². The van der Waals surface area contributed by atoms with Gasteiger partial charge >= 0.3 is 0 Å². The van der Waals surface area contributed by atoms with E-state index in [1.807, 2.05) is 18.2 Å². The van der Waals surface area contributed by atoms with Crippen molar-refractivity contribution in [2.45, 2.75) is 12.6 Å². The number of fused-ring (bicyclic) bond motifs is 1. The second-order valence-electron chi connectivity index (χ2n) is 4.62. The zero-order valence-corrected chi connectivity index (χ0v) is 10.2. The standard InChI is InChI=1S/C15H17N3/c16-13-8-4-7-12-9-17-10-14(18-15(12)13)11-5-2-1-3-6-11/h1-8,14,17-18H,9-10,16H2. The molecule has 0 saturated heterocycles. The molecule has 0 radical (unpaired) electrons. The largest absolute Gasteiger partial charge is 0.397 e. The Hall–Kier alpha value is -2.00. The highest BCUT2D eigenvalue weighted by Gasteiger charge is 2.17. The Morgan fingerprint density at radius 1 is 1.00 bits per heavy atom. The first-order valence-corrected chi connectivity index (χ1v) is 6.24. The second-order valence-corrected chi connectivity index (χ2v) is 4.62. The SMILES string of the molecule is Nc1cccc2c1NC(c1ccccc1)CNC2. The van der Waals surface area contributed by atoms with Crippen LogP contribution in [-0.2, 0) is 6.54 Å². The van der Waals surface area contributed by atoms with Crippen molar-refractivity contribution >= 4 is 11.4 Å². The van der Waals surface area contributed by atoms with Gasteiger partial charge in [0.05, 0.1) is 17.4 Å². The van der Waals surface area contributed by atoms with Crippen molar-refractivity contribution < 1.29 is 0 Å². The molecule has 0 fully saturated rings. The summed E-state index contributed by atoms with van der Waals surface area (Å²) < 4.78 is 0. The first-order chi connectivity index (χ1) is 8.84. The van der Waals surface area contributed by atoms with E-state index in [1.165, 1.54) is 11.1 Å². The fraction of sp³-hybridized carbons (Fsp3) is 0.200. The Morgan fingerprint density at radius 3 is 2.67 bits per heavy atom. The van der Waals surface area contributed by atoms with Crippen LogP contribution < -0.4 is 16.4 Å². The van der Waals surface area contributed by atoms with Gasteiger partial charge < -0.3 is 16.4 Å². The second kappa shape index (κ2) is 4.70. The highest BCUT2D eigenvalue weighted by Crippen LogP contribution is 2.29. The topological polar surface area (TPSA) is 50.1 Å². The van der Waals surface area contributed by atoms with Gasteiger partial charge in [-0.05, 0) is 17.2 Å². The van der Waals surface area contributed by atoms with Crippen LogP contribution in [0.1, 0.15) is 17.2 Å². The molecule has 2 aromatic carbocycles. The molecule has 18 heavy (non-hydrogen) atoms. The monoisotopic (exact) mass is 239 g/mol. The molecule has 0 aromatic heterocycles. The lowest BCUT2D eigenvalue weighted by molar-refractivity contribution is 0.643. The zero-order chi connectivity index (χ0) is 12.4. The highest BCUT2D eigenvalue weighted by molar-refractivity contribution is 5.71. The molecular formula is C15H17N3. The van der Waals surface area contributed by atoms with Gasteiger partial charge in [-0.15, -0.1) is 0 Å². The van der Waals surface area contributed by atoms with Gasteiger partial charge in [0.1, 0.15) is 0 Å². The van der Waals surface area contributed by atoms with Crippen LogP contribution in [0.5, 0.6) is 0 Å². The summed E-state index contributed by atoms with van der Waals surface area (Å²) in [5, 5.41) is 7.02. The van der Waals surface area contributed by atoms with Crippen LogP contribution in [0, 0.1) is 0 Å². The van der Waals surface area contributed by atoms with E-state index in [0.29, 0.717) is 0 Å². The van der Waals surface area contributed by atoms with Crippen LogP contribution in [0.3, 0.4) is 0 Å². The molecular weight excluding hydrogens is 222 g/mol. The number of anilines is 2. The number of benzene rings is 2. The molecule has 1 aliphatic heterocycles. The van der Waals surface area contributed by atoms with E-state index in [-0.39, 0.29) is 6.04 Å². The quantitative estimate of drug-likeness (QED) is 0.670. The normalized spacial score (nSPS) is 18.6. The van der Waals surface area contributed by atoms with Gasteiger partial charge in [-0.2, -0.15) is 0 Å². The number of nitrogens with one attached hydrogen (secondary N) is 2. The molecule has 3 rings (SSSR count). The molecule has 1 aliphatic rings. The predicted molar refractivity (Wildman–Crippen MR) is 75.4 cm³/mol. The molecule has 0 amide bonds. The fourth-order valence-electron chi connectivity index (χ4n) is 2.41. The van der Waals surface area contributed by atoms with Gasteiger partial charge in [0.15, 0.2) is 0 Å². The lowest BCUT2D eigenvalue weighted by atomic mass is 10.1. The molecule has 1 heterocycles. The smallest absolute Gasteiger partial charge is 0.0639 e. The number of para-hydroxylation sites is 1. The van der Waals surface area contributed by atoms with Crippen LogP contribution in [-0.4, -0.2) is 6.54 Å². The van der Waals surface area contributed by atoms with Crippen molar-refractivity contribution in [2.75, 3.05) is 17.6 Å². The van der Waals surface area contributed by atoms with Gasteiger partial charge in [0.2, 0.25) is 0 Å². The molecule has 1 atom stereocenters. The third-order valence-electron chi connectivity index (χ3n) is 3.37. The molecule has 4 N–H and O–H groups in total. The minimum absolute atomic E-state index is 0.261. The van der Waals surface area contributed by atoms with Crippen LogP contribution in [0.2, 0.25) is 0 Å². The summed E-state index contributed by atoms with van der Waals surface area (Å²) >= 11 is 0. The van der Waals surface area contributed by atoms with Crippen molar-refractivity contribution in [1.82, 2.24) is 5.32 Å². The fourth-order valence-corrected chi connectivity index (χ4v) is 2.41. The lowest BCUT2D eigenvalue weighted by Gasteiger charge is -2.19. The van der Waals surface area contributed by atoms with Crippen LogP contribution in [0.4, 0.5) is 11.4 Å². The van der Waals surface area contributed by atoms with Crippen LogP contribution >= 0.6 is 0 Å². The van der Waals surface area contributed by atoms with Crippen molar-refractivity contribution in [3.63, 3.8) is 0 Å². The third-order valence-corrected chi connectivity index (χ3v) is 3.37. The molecule has 0 spiro atoms. The Bertz CT molecular complexity index is 537. The first-order valence-electron chi connectivity index (χ1n) is 6.24. The summed E-state index contributed by atoms with van der Waals surface area (Å²) in [6, 6.07) is 16.8. The maximum atomic E-state index is 6.06. The van der Waals surface area contributed by atoms with Gasteiger partial charge in [0.25, 0.3) is 0 Å². The van der Waals surface area contributed by atoms with Gasteiger partial charge in [-0.1, -0.05) is 42.5 Å². The summed E-state index contributed by atoms with van der Waals surface area (Å²) in [6.45, 7) is 1.76. The predicted octanol–water partition coefficient (Wildman–Crippen LogP) is 2.53. The van der Waals surface area contributed by atoms with E-state index in [0.717, 1.165) is 24.5 Å². The maximum absolute atomic E-state index is 6.06. The van der Waals surface area contributed by atoms with E-state index in [4.69, 9.17) is 5.73 Å². The molecule has 3 heteroatoms. The van der Waals surface area contributed by atoms with E-state index < -0.39 is 0 Å². The van der Waals surface area contributed by atoms with Crippen LogP contribution in [0.15, 0.2) is 48.5 Å². The van der Waals surface area contributed by atoms with Crippen molar-refractivity contribution in [3.05, 3.63) is 59.7 Å².